The van der Waals surface area contributed by atoms with Crippen molar-refractivity contribution >= 4 is 11.6 Å². The quantitative estimate of drug-likeness (QED) is 0.363. The summed E-state index contributed by atoms with van der Waals surface area (Å²) in [6.07, 6.45) is -9.21. The molecule has 36 heavy (non-hydrogen) atoms. The summed E-state index contributed by atoms with van der Waals surface area (Å²) >= 11 is 6.05. The average Bonchev–Trinajstić information content (AvgIpc) is 2.74. The Balaban J connectivity index is 1.82. The van der Waals surface area contributed by atoms with Crippen molar-refractivity contribution < 1.29 is 35.8 Å². The molecule has 200 valence electrons. The van der Waals surface area contributed by atoms with E-state index in [1.807, 2.05) is 0 Å². The van der Waals surface area contributed by atoms with Gasteiger partial charge in [-0.3, -0.25) is 0 Å². The molecule has 0 aliphatic heterocycles. The molecule has 10 heteroatoms. The van der Waals surface area contributed by atoms with E-state index in [1.165, 1.54) is 19.1 Å². The minimum atomic E-state index is -5.00. The standard InChI is InChI=1S/C26H29ClF7NO/c1-14(23(36)16-6-18(25(29,30)31)10-19(7-16)26(32,33)34)35-13-17-12-24(2,3)5-4-22(17)15-8-20(27)11-21(28)9-15/h6-11,14,17,22-23,35-36H,4-5,12-13H2,1-3H3/t14-,17?,22?,23-/m0/s1. The minimum absolute atomic E-state index is 0.00945. The second-order valence-corrected chi connectivity index (χ2v) is 10.9. The third-order valence-corrected chi connectivity index (χ3v) is 7.17. The van der Waals surface area contributed by atoms with Crippen LogP contribution in [0.25, 0.3) is 0 Å². The Labute approximate surface area is 210 Å². The summed E-state index contributed by atoms with van der Waals surface area (Å²) in [4.78, 5) is 0. The van der Waals surface area contributed by atoms with Gasteiger partial charge in [-0.15, -0.1) is 0 Å². The molecule has 0 amide bonds. The highest BCUT2D eigenvalue weighted by molar-refractivity contribution is 6.30. The Morgan fingerprint density at radius 2 is 1.58 bits per heavy atom. The Kier molecular flexibility index (Phi) is 8.38. The van der Waals surface area contributed by atoms with Gasteiger partial charge in [0.15, 0.2) is 0 Å². The van der Waals surface area contributed by atoms with Crippen molar-refractivity contribution in [3.8, 4) is 0 Å². The lowest BCUT2D eigenvalue weighted by atomic mass is 9.65. The molecule has 0 heterocycles. The maximum atomic E-state index is 14.0. The summed E-state index contributed by atoms with van der Waals surface area (Å²) in [5, 5.41) is 14.1. The van der Waals surface area contributed by atoms with Gasteiger partial charge in [-0.1, -0.05) is 25.4 Å². The van der Waals surface area contributed by atoms with Crippen molar-refractivity contribution in [2.45, 2.75) is 70.4 Å². The van der Waals surface area contributed by atoms with Gasteiger partial charge in [0, 0.05) is 11.1 Å². The predicted octanol–water partition coefficient (Wildman–Crippen LogP) is 8.14. The van der Waals surface area contributed by atoms with Crippen LogP contribution in [0.5, 0.6) is 0 Å². The van der Waals surface area contributed by atoms with Gasteiger partial charge in [0.05, 0.1) is 17.2 Å². The van der Waals surface area contributed by atoms with Gasteiger partial charge < -0.3 is 10.4 Å². The molecule has 2 nitrogen and oxygen atoms in total. The Morgan fingerprint density at radius 3 is 2.11 bits per heavy atom. The third kappa shape index (κ3) is 7.13. The summed E-state index contributed by atoms with van der Waals surface area (Å²) in [5.41, 5.74) is -2.70. The fraction of sp³-hybridized carbons (Fsp3) is 0.538. The molecule has 0 bridgehead atoms. The highest BCUT2D eigenvalue weighted by atomic mass is 35.5. The summed E-state index contributed by atoms with van der Waals surface area (Å²) in [7, 11) is 0. The number of hydrogen-bond donors (Lipinski definition) is 2. The second kappa shape index (κ2) is 10.5. The zero-order valence-corrected chi connectivity index (χ0v) is 20.8. The van der Waals surface area contributed by atoms with Crippen molar-refractivity contribution in [2.24, 2.45) is 11.3 Å². The highest BCUT2D eigenvalue weighted by Crippen LogP contribution is 2.46. The van der Waals surface area contributed by atoms with Crippen LogP contribution in [0.3, 0.4) is 0 Å². The van der Waals surface area contributed by atoms with Gasteiger partial charge in [-0.2, -0.15) is 26.3 Å². The smallest absolute Gasteiger partial charge is 0.387 e. The summed E-state index contributed by atoms with van der Waals surface area (Å²) < 4.78 is 93.4. The molecule has 0 radical (unpaired) electrons. The van der Waals surface area contributed by atoms with Crippen LogP contribution < -0.4 is 5.32 Å². The van der Waals surface area contributed by atoms with Gasteiger partial charge in [-0.05, 0) is 97.5 Å². The molecule has 1 fully saturated rings. The van der Waals surface area contributed by atoms with Gasteiger partial charge in [0.25, 0.3) is 0 Å². The second-order valence-electron chi connectivity index (χ2n) is 10.5. The van der Waals surface area contributed by atoms with Crippen LogP contribution in [-0.2, 0) is 12.4 Å². The first-order valence-electron chi connectivity index (χ1n) is 11.6. The summed E-state index contributed by atoms with van der Waals surface area (Å²) in [5.74, 6) is -0.523. The van der Waals surface area contributed by atoms with Gasteiger partial charge in [0.1, 0.15) is 5.82 Å². The van der Waals surface area contributed by atoms with Crippen LogP contribution in [0.4, 0.5) is 30.7 Å². The van der Waals surface area contributed by atoms with E-state index >= 15 is 0 Å². The molecule has 2 N–H and O–H groups in total. The molecular weight excluding hydrogens is 511 g/mol. The number of benzene rings is 2. The average molecular weight is 540 g/mol. The van der Waals surface area contributed by atoms with Crippen molar-refractivity contribution in [3.05, 3.63) is 69.5 Å². The molecule has 0 aromatic heterocycles. The van der Waals surface area contributed by atoms with Crippen molar-refractivity contribution in [2.75, 3.05) is 6.54 Å². The Bertz CT molecular complexity index is 1010. The van der Waals surface area contributed by atoms with E-state index in [1.54, 1.807) is 6.07 Å². The fourth-order valence-electron chi connectivity index (χ4n) is 5.07. The largest absolute Gasteiger partial charge is 0.416 e. The number of aliphatic hydroxyl groups is 1. The molecule has 0 saturated heterocycles. The van der Waals surface area contributed by atoms with E-state index in [4.69, 9.17) is 11.6 Å². The van der Waals surface area contributed by atoms with Crippen molar-refractivity contribution in [3.63, 3.8) is 0 Å². The van der Waals surface area contributed by atoms with Crippen LogP contribution >= 0.6 is 11.6 Å². The molecule has 1 aliphatic carbocycles. The molecule has 1 aliphatic rings. The zero-order valence-electron chi connectivity index (χ0n) is 20.1. The first kappa shape index (κ1) is 28.7. The summed E-state index contributed by atoms with van der Waals surface area (Å²) in [6, 6.07) is 4.62. The lowest BCUT2D eigenvalue weighted by molar-refractivity contribution is -0.143. The minimum Gasteiger partial charge on any atom is -0.387 e. The normalized spacial score (nSPS) is 22.3. The lowest BCUT2D eigenvalue weighted by Gasteiger charge is -2.42. The maximum absolute atomic E-state index is 14.0. The molecular formula is C26H29ClF7NO. The van der Waals surface area contributed by atoms with Crippen LogP contribution in [-0.4, -0.2) is 17.7 Å². The number of rotatable bonds is 6. The monoisotopic (exact) mass is 539 g/mol. The number of alkyl halides is 6. The van der Waals surface area contributed by atoms with E-state index in [9.17, 15) is 35.8 Å². The van der Waals surface area contributed by atoms with E-state index < -0.39 is 47.0 Å². The first-order valence-corrected chi connectivity index (χ1v) is 12.0. The van der Waals surface area contributed by atoms with Crippen LogP contribution in [0, 0.1) is 17.2 Å². The first-order chi connectivity index (χ1) is 16.5. The molecule has 2 aromatic carbocycles. The molecule has 4 atom stereocenters. The Morgan fingerprint density at radius 1 is 1.00 bits per heavy atom. The lowest BCUT2D eigenvalue weighted by Crippen LogP contribution is -2.40. The number of aliphatic hydroxyl groups excluding tert-OH is 1. The molecule has 3 rings (SSSR count). The predicted molar refractivity (Wildman–Crippen MR) is 124 cm³/mol. The van der Waals surface area contributed by atoms with E-state index in [-0.39, 0.29) is 28.3 Å². The van der Waals surface area contributed by atoms with Crippen LogP contribution in [0.1, 0.15) is 74.3 Å². The topological polar surface area (TPSA) is 32.3 Å². The zero-order chi connectivity index (χ0) is 27.1. The van der Waals surface area contributed by atoms with E-state index in [0.29, 0.717) is 18.7 Å². The SMILES string of the molecule is C[C@H](NCC1CC(C)(C)CCC1c1cc(F)cc(Cl)c1)[C@H](O)c1cc(C(F)(F)F)cc(C(F)(F)F)c1. The number of nitrogens with one attached hydrogen (secondary N) is 1. The van der Waals surface area contributed by atoms with E-state index in [0.717, 1.165) is 24.8 Å². The fourth-order valence-corrected chi connectivity index (χ4v) is 5.30. The van der Waals surface area contributed by atoms with E-state index in [2.05, 4.69) is 19.2 Å². The molecule has 1 saturated carbocycles. The highest BCUT2D eigenvalue weighted by Gasteiger charge is 2.39. The Hall–Kier alpha value is -1.84. The molecule has 2 unspecified atom stereocenters. The van der Waals surface area contributed by atoms with Gasteiger partial charge in [0.2, 0.25) is 0 Å². The van der Waals surface area contributed by atoms with Gasteiger partial charge in [-0.25, -0.2) is 4.39 Å². The number of hydrogen-bond acceptors (Lipinski definition) is 2. The molecule has 2 aromatic rings. The summed E-state index contributed by atoms with van der Waals surface area (Å²) in [6.45, 7) is 6.04. The van der Waals surface area contributed by atoms with Crippen LogP contribution in [0.15, 0.2) is 36.4 Å². The van der Waals surface area contributed by atoms with Crippen molar-refractivity contribution in [1.82, 2.24) is 5.32 Å². The van der Waals surface area contributed by atoms with Crippen LogP contribution in [0.2, 0.25) is 5.02 Å². The third-order valence-electron chi connectivity index (χ3n) is 6.96. The number of halogens is 8. The molecule has 0 spiro atoms. The van der Waals surface area contributed by atoms with Gasteiger partial charge >= 0.3 is 12.4 Å². The maximum Gasteiger partial charge on any atom is 0.416 e. The van der Waals surface area contributed by atoms with Crippen molar-refractivity contribution in [1.29, 1.82) is 0 Å².